The predicted octanol–water partition coefficient (Wildman–Crippen LogP) is 4.38. The second-order valence-electron chi connectivity index (χ2n) is 8.11. The van der Waals surface area contributed by atoms with Crippen molar-refractivity contribution in [2.75, 3.05) is 11.9 Å². The molecule has 1 aromatic carbocycles. The number of alkyl halides is 1. The molecule has 5 rings (SSSR count). The minimum absolute atomic E-state index is 0.0170. The second kappa shape index (κ2) is 6.01. The molecule has 1 amide bonds. The number of hydrogen-bond acceptors (Lipinski definition) is 3. The Labute approximate surface area is 153 Å². The van der Waals surface area contributed by atoms with Crippen LogP contribution in [0.15, 0.2) is 24.3 Å². The van der Waals surface area contributed by atoms with E-state index in [0.29, 0.717) is 29.7 Å². The van der Waals surface area contributed by atoms with Gasteiger partial charge in [0.15, 0.2) is 0 Å². The van der Waals surface area contributed by atoms with Gasteiger partial charge in [-0.1, -0.05) is 12.1 Å². The van der Waals surface area contributed by atoms with Crippen molar-refractivity contribution in [3.63, 3.8) is 0 Å². The molecule has 0 radical (unpaired) electrons. The quantitative estimate of drug-likeness (QED) is 0.639. The maximum atomic E-state index is 13.2. The van der Waals surface area contributed by atoms with Gasteiger partial charge < -0.3 is 10.1 Å². The first-order valence-electron chi connectivity index (χ1n) is 9.20. The topological polar surface area (TPSA) is 55.4 Å². The highest BCUT2D eigenvalue weighted by Gasteiger charge is 2.60. The van der Waals surface area contributed by atoms with Gasteiger partial charge >= 0.3 is 5.97 Å². The Bertz CT molecular complexity index is 703. The Morgan fingerprint density at radius 1 is 1.20 bits per heavy atom. The summed E-state index contributed by atoms with van der Waals surface area (Å²) >= 11 is 6.84. The monoisotopic (exact) mass is 361 g/mol. The van der Waals surface area contributed by atoms with Crippen molar-refractivity contribution in [2.45, 2.75) is 50.3 Å². The van der Waals surface area contributed by atoms with Gasteiger partial charge in [0.1, 0.15) is 0 Å². The molecule has 4 atom stereocenters. The number of anilines is 1. The van der Waals surface area contributed by atoms with Gasteiger partial charge in [-0.05, 0) is 69.4 Å². The van der Waals surface area contributed by atoms with E-state index in [1.54, 1.807) is 25.1 Å². The van der Waals surface area contributed by atoms with Gasteiger partial charge in [-0.2, -0.15) is 0 Å². The third kappa shape index (κ3) is 2.95. The molecular formula is C20H24ClNO3. The van der Waals surface area contributed by atoms with Gasteiger partial charge in [-0.15, -0.1) is 11.6 Å². The summed E-state index contributed by atoms with van der Waals surface area (Å²) in [5, 5.41) is 3.03. The number of carbonyl (C=O) groups is 2. The molecule has 4 aliphatic carbocycles. The van der Waals surface area contributed by atoms with Crippen LogP contribution in [0.25, 0.3) is 0 Å². The fourth-order valence-electron chi connectivity index (χ4n) is 5.65. The normalized spacial score (nSPS) is 35.4. The second-order valence-corrected chi connectivity index (χ2v) is 8.91. The third-order valence-electron chi connectivity index (χ3n) is 6.14. The zero-order chi connectivity index (χ0) is 17.7. The molecule has 0 aromatic heterocycles. The van der Waals surface area contributed by atoms with Gasteiger partial charge in [0.2, 0.25) is 5.91 Å². The van der Waals surface area contributed by atoms with E-state index in [-0.39, 0.29) is 16.2 Å². The first-order chi connectivity index (χ1) is 11.9. The fourth-order valence-corrected chi connectivity index (χ4v) is 6.34. The van der Waals surface area contributed by atoms with Crippen molar-refractivity contribution in [1.29, 1.82) is 0 Å². The van der Waals surface area contributed by atoms with Crippen molar-refractivity contribution >= 4 is 29.2 Å². The van der Waals surface area contributed by atoms with Crippen molar-refractivity contribution in [3.8, 4) is 0 Å². The SMILES string of the molecule is CCOC(=O)c1ccccc1NC(=O)C12C[C@@H]3C[C@@H](CC(Cl)(C3)C1)C2. The number of nitrogens with one attached hydrogen (secondary N) is 1. The average molecular weight is 362 g/mol. The largest absolute Gasteiger partial charge is 0.462 e. The van der Waals surface area contributed by atoms with Crippen molar-refractivity contribution in [1.82, 2.24) is 0 Å². The van der Waals surface area contributed by atoms with Crippen LogP contribution < -0.4 is 5.32 Å². The maximum absolute atomic E-state index is 13.2. The molecule has 4 saturated carbocycles. The van der Waals surface area contributed by atoms with Crippen molar-refractivity contribution in [2.24, 2.45) is 17.3 Å². The predicted molar refractivity (Wildman–Crippen MR) is 96.7 cm³/mol. The van der Waals surface area contributed by atoms with Crippen LogP contribution in [0.3, 0.4) is 0 Å². The highest BCUT2D eigenvalue weighted by atomic mass is 35.5. The molecule has 4 aliphatic rings. The van der Waals surface area contributed by atoms with Crippen molar-refractivity contribution < 1.29 is 14.3 Å². The molecule has 25 heavy (non-hydrogen) atoms. The fraction of sp³-hybridized carbons (Fsp3) is 0.600. The zero-order valence-electron chi connectivity index (χ0n) is 14.5. The van der Waals surface area contributed by atoms with Crippen LogP contribution in [-0.2, 0) is 9.53 Å². The molecule has 4 fully saturated rings. The molecule has 4 bridgehead atoms. The number of benzene rings is 1. The van der Waals surface area contributed by atoms with Crippen LogP contribution in [0.4, 0.5) is 5.69 Å². The molecule has 0 spiro atoms. The molecule has 2 unspecified atom stereocenters. The molecule has 134 valence electrons. The van der Waals surface area contributed by atoms with Crippen LogP contribution in [0, 0.1) is 17.3 Å². The lowest BCUT2D eigenvalue weighted by Gasteiger charge is -2.59. The summed E-state index contributed by atoms with van der Waals surface area (Å²) in [4.78, 5) is 25.2. The van der Waals surface area contributed by atoms with E-state index < -0.39 is 5.97 Å². The van der Waals surface area contributed by atoms with Crippen molar-refractivity contribution in [3.05, 3.63) is 29.8 Å². The summed E-state index contributed by atoms with van der Waals surface area (Å²) in [6, 6.07) is 7.05. The molecule has 5 heteroatoms. The van der Waals surface area contributed by atoms with Gasteiger partial charge in [0.25, 0.3) is 0 Å². The first-order valence-corrected chi connectivity index (χ1v) is 9.57. The summed E-state index contributed by atoms with van der Waals surface area (Å²) in [5.74, 6) is 0.732. The Kier molecular flexibility index (Phi) is 4.06. The van der Waals surface area contributed by atoms with Crippen LogP contribution in [0.2, 0.25) is 0 Å². The average Bonchev–Trinajstić information content (AvgIpc) is 2.53. The summed E-state index contributed by atoms with van der Waals surface area (Å²) in [6.07, 6.45) is 5.89. The molecule has 1 aromatic rings. The first kappa shape index (κ1) is 16.9. The van der Waals surface area contributed by atoms with Gasteiger partial charge in [-0.3, -0.25) is 4.79 Å². The van der Waals surface area contributed by atoms with Crippen LogP contribution >= 0.6 is 11.6 Å². The summed E-state index contributed by atoms with van der Waals surface area (Å²) in [5.41, 5.74) is 0.557. The number of ether oxygens (including phenoxy) is 1. The molecule has 1 N–H and O–H groups in total. The smallest absolute Gasteiger partial charge is 0.340 e. The third-order valence-corrected chi connectivity index (χ3v) is 6.58. The lowest BCUT2D eigenvalue weighted by molar-refractivity contribution is -0.138. The number of para-hydroxylation sites is 1. The standard InChI is InChI=1S/C20H24ClNO3/c1-2-25-17(23)15-5-3-4-6-16(15)22-18(24)19-8-13-7-14(9-19)11-20(21,10-13)12-19/h3-6,13-14H,2,7-12H2,1H3,(H,22,24)/t13-,14+,19?,20?. The zero-order valence-corrected chi connectivity index (χ0v) is 15.3. The van der Waals surface area contributed by atoms with E-state index >= 15 is 0 Å². The maximum Gasteiger partial charge on any atom is 0.340 e. The lowest BCUT2D eigenvalue weighted by atomic mass is 9.49. The van der Waals surface area contributed by atoms with Gasteiger partial charge in [0, 0.05) is 4.87 Å². The summed E-state index contributed by atoms with van der Waals surface area (Å²) < 4.78 is 5.10. The molecule has 0 heterocycles. The molecular weight excluding hydrogens is 338 g/mol. The van der Waals surface area contributed by atoms with E-state index in [1.165, 1.54) is 6.42 Å². The van der Waals surface area contributed by atoms with Crippen LogP contribution in [0.5, 0.6) is 0 Å². The van der Waals surface area contributed by atoms with Gasteiger partial charge in [0.05, 0.1) is 23.3 Å². The molecule has 4 nitrogen and oxygen atoms in total. The summed E-state index contributed by atoms with van der Waals surface area (Å²) in [7, 11) is 0. The minimum atomic E-state index is -0.405. The summed E-state index contributed by atoms with van der Waals surface area (Å²) in [6.45, 7) is 2.08. The van der Waals surface area contributed by atoms with Crippen LogP contribution in [-0.4, -0.2) is 23.4 Å². The number of carbonyl (C=O) groups excluding carboxylic acids is 2. The number of hydrogen-bond donors (Lipinski definition) is 1. The highest BCUT2D eigenvalue weighted by molar-refractivity contribution is 6.24. The Balaban J connectivity index is 1.58. The Hall–Kier alpha value is -1.55. The van der Waals surface area contributed by atoms with E-state index in [2.05, 4.69) is 5.32 Å². The number of esters is 1. The van der Waals surface area contributed by atoms with E-state index in [4.69, 9.17) is 16.3 Å². The van der Waals surface area contributed by atoms with E-state index in [1.807, 2.05) is 6.07 Å². The number of amides is 1. The molecule has 0 aliphatic heterocycles. The Morgan fingerprint density at radius 2 is 1.88 bits per heavy atom. The number of rotatable bonds is 4. The van der Waals surface area contributed by atoms with E-state index in [0.717, 1.165) is 32.1 Å². The minimum Gasteiger partial charge on any atom is -0.462 e. The van der Waals surface area contributed by atoms with Crippen LogP contribution in [0.1, 0.15) is 55.8 Å². The number of halogens is 1. The lowest BCUT2D eigenvalue weighted by Crippen LogP contribution is -2.57. The van der Waals surface area contributed by atoms with Gasteiger partial charge in [-0.25, -0.2) is 4.79 Å². The highest BCUT2D eigenvalue weighted by Crippen LogP contribution is 2.64. The molecule has 0 saturated heterocycles. The Morgan fingerprint density at radius 3 is 2.52 bits per heavy atom. The van der Waals surface area contributed by atoms with E-state index in [9.17, 15) is 9.59 Å².